The van der Waals surface area contributed by atoms with Crippen molar-refractivity contribution < 1.29 is 9.53 Å². The van der Waals surface area contributed by atoms with E-state index < -0.39 is 5.60 Å². The molecule has 1 aliphatic heterocycles. The van der Waals surface area contributed by atoms with E-state index in [1.54, 1.807) is 11.1 Å². The molecule has 0 unspecified atom stereocenters. The Balaban J connectivity index is 1.65. The molecule has 0 bridgehead atoms. The van der Waals surface area contributed by atoms with E-state index in [2.05, 4.69) is 32.0 Å². The Kier molecular flexibility index (Phi) is 4.23. The third-order valence-electron chi connectivity index (χ3n) is 3.75. The fraction of sp³-hybridized carbons (Fsp3) is 0.500. The van der Waals surface area contributed by atoms with Crippen molar-refractivity contribution in [2.75, 3.05) is 31.1 Å². The van der Waals surface area contributed by atoms with Crippen LogP contribution in [0.5, 0.6) is 0 Å². The van der Waals surface area contributed by atoms with Crippen molar-refractivity contribution in [3.8, 4) is 0 Å². The molecule has 0 radical (unpaired) electrons. The lowest BCUT2D eigenvalue weighted by molar-refractivity contribution is 0.0240. The van der Waals surface area contributed by atoms with E-state index in [-0.39, 0.29) is 6.09 Å². The topological polar surface area (TPSA) is 50.1 Å². The molecular formula is C16H21BrN4O2. The van der Waals surface area contributed by atoms with E-state index in [9.17, 15) is 4.79 Å². The Morgan fingerprint density at radius 2 is 1.91 bits per heavy atom. The van der Waals surface area contributed by atoms with Gasteiger partial charge in [0, 0.05) is 26.2 Å². The molecule has 2 aromatic heterocycles. The van der Waals surface area contributed by atoms with Crippen LogP contribution in [0.4, 0.5) is 10.5 Å². The molecule has 1 aliphatic rings. The molecule has 0 aliphatic carbocycles. The van der Waals surface area contributed by atoms with Gasteiger partial charge in [0.2, 0.25) is 0 Å². The normalized spacial score (nSPS) is 16.0. The Morgan fingerprint density at radius 3 is 2.57 bits per heavy atom. The number of amides is 1. The predicted octanol–water partition coefficient (Wildman–Crippen LogP) is 3.15. The van der Waals surface area contributed by atoms with E-state index in [4.69, 9.17) is 4.74 Å². The maximum Gasteiger partial charge on any atom is 0.410 e. The minimum absolute atomic E-state index is 0.233. The van der Waals surface area contributed by atoms with Gasteiger partial charge >= 0.3 is 6.09 Å². The van der Waals surface area contributed by atoms with Crippen LogP contribution in [0.2, 0.25) is 0 Å². The number of rotatable bonds is 1. The van der Waals surface area contributed by atoms with Crippen LogP contribution in [-0.4, -0.2) is 52.4 Å². The molecule has 7 heteroatoms. The van der Waals surface area contributed by atoms with E-state index in [1.165, 1.54) is 0 Å². The summed E-state index contributed by atoms with van der Waals surface area (Å²) in [7, 11) is 0. The zero-order valence-electron chi connectivity index (χ0n) is 13.6. The molecule has 124 valence electrons. The molecule has 23 heavy (non-hydrogen) atoms. The molecule has 0 aromatic carbocycles. The molecule has 6 nitrogen and oxygen atoms in total. The molecule has 1 amide bonds. The van der Waals surface area contributed by atoms with Crippen molar-refractivity contribution >= 4 is 33.2 Å². The average Bonchev–Trinajstić information content (AvgIpc) is 2.87. The van der Waals surface area contributed by atoms with Gasteiger partial charge in [-0.2, -0.15) is 5.10 Å². The number of fused-ring (bicyclic) bond motifs is 1. The molecule has 1 fully saturated rings. The summed E-state index contributed by atoms with van der Waals surface area (Å²) < 4.78 is 8.27. The minimum Gasteiger partial charge on any atom is -0.444 e. The number of carbonyl (C=O) groups excluding carboxylic acids is 1. The second-order valence-electron chi connectivity index (χ2n) is 6.66. The number of halogens is 1. The highest BCUT2D eigenvalue weighted by Crippen LogP contribution is 2.22. The van der Waals surface area contributed by atoms with Gasteiger partial charge in [0.25, 0.3) is 0 Å². The summed E-state index contributed by atoms with van der Waals surface area (Å²) in [6, 6.07) is 4.14. The summed E-state index contributed by atoms with van der Waals surface area (Å²) >= 11 is 3.48. The predicted molar refractivity (Wildman–Crippen MR) is 92.9 cm³/mol. The zero-order valence-corrected chi connectivity index (χ0v) is 15.2. The maximum atomic E-state index is 12.1. The van der Waals surface area contributed by atoms with Gasteiger partial charge in [-0.1, -0.05) is 0 Å². The summed E-state index contributed by atoms with van der Waals surface area (Å²) in [6.07, 6.45) is 3.58. The van der Waals surface area contributed by atoms with E-state index >= 15 is 0 Å². The summed E-state index contributed by atoms with van der Waals surface area (Å²) in [4.78, 5) is 16.1. The summed E-state index contributed by atoms with van der Waals surface area (Å²) in [5.41, 5.74) is 1.70. The standard InChI is InChI=1S/C16H21BrN4O2/c1-16(2,3)23-15(22)20-8-6-19(7-9-20)12-4-5-14-13(17)10-18-21(14)11-12/h4-5,10-11H,6-9H2,1-3H3. The van der Waals surface area contributed by atoms with Gasteiger partial charge in [0.05, 0.1) is 28.1 Å². The van der Waals surface area contributed by atoms with Gasteiger partial charge in [0.15, 0.2) is 0 Å². The lowest BCUT2D eigenvalue weighted by Gasteiger charge is -2.36. The number of nitrogens with zero attached hydrogens (tertiary/aromatic N) is 4. The molecule has 0 atom stereocenters. The van der Waals surface area contributed by atoms with Crippen LogP contribution in [0.1, 0.15) is 20.8 Å². The Morgan fingerprint density at radius 1 is 1.22 bits per heavy atom. The quantitative estimate of drug-likeness (QED) is 0.762. The molecule has 3 rings (SSSR count). The van der Waals surface area contributed by atoms with Gasteiger partial charge in [-0.05, 0) is 48.8 Å². The summed E-state index contributed by atoms with van der Waals surface area (Å²) in [5.74, 6) is 0. The van der Waals surface area contributed by atoms with Crippen molar-refractivity contribution in [1.82, 2.24) is 14.5 Å². The molecule has 0 N–H and O–H groups in total. The van der Waals surface area contributed by atoms with Crippen LogP contribution in [0.15, 0.2) is 29.0 Å². The number of hydrogen-bond donors (Lipinski definition) is 0. The van der Waals surface area contributed by atoms with Crippen molar-refractivity contribution in [1.29, 1.82) is 0 Å². The van der Waals surface area contributed by atoms with Gasteiger partial charge < -0.3 is 14.5 Å². The fourth-order valence-electron chi connectivity index (χ4n) is 2.60. The maximum absolute atomic E-state index is 12.1. The van der Waals surface area contributed by atoms with Gasteiger partial charge in [-0.25, -0.2) is 9.31 Å². The van der Waals surface area contributed by atoms with Crippen LogP contribution < -0.4 is 4.90 Å². The van der Waals surface area contributed by atoms with Crippen molar-refractivity contribution in [2.45, 2.75) is 26.4 Å². The SMILES string of the molecule is CC(C)(C)OC(=O)N1CCN(c2ccc3c(Br)cnn3c2)CC1. The molecule has 1 saturated heterocycles. The van der Waals surface area contributed by atoms with Gasteiger partial charge in [-0.15, -0.1) is 0 Å². The Hall–Kier alpha value is -1.76. The Bertz CT molecular complexity index is 714. The number of ether oxygens (including phenoxy) is 1. The second-order valence-corrected chi connectivity index (χ2v) is 7.52. The second kappa shape index (κ2) is 6.03. The minimum atomic E-state index is -0.452. The first-order chi connectivity index (χ1) is 10.8. The fourth-order valence-corrected chi connectivity index (χ4v) is 3.01. The van der Waals surface area contributed by atoms with E-state index in [0.717, 1.165) is 28.8 Å². The molecule has 2 aromatic rings. The number of aromatic nitrogens is 2. The largest absolute Gasteiger partial charge is 0.444 e. The first-order valence-corrected chi connectivity index (χ1v) is 8.48. The van der Waals surface area contributed by atoms with Gasteiger partial charge in [0.1, 0.15) is 5.60 Å². The number of piperazine rings is 1. The highest BCUT2D eigenvalue weighted by molar-refractivity contribution is 9.10. The Labute approximate surface area is 144 Å². The van der Waals surface area contributed by atoms with Crippen molar-refractivity contribution in [3.63, 3.8) is 0 Å². The lowest BCUT2D eigenvalue weighted by atomic mass is 10.2. The van der Waals surface area contributed by atoms with Crippen molar-refractivity contribution in [2.24, 2.45) is 0 Å². The molecule has 0 saturated carbocycles. The zero-order chi connectivity index (χ0) is 16.6. The highest BCUT2D eigenvalue weighted by Gasteiger charge is 2.26. The highest BCUT2D eigenvalue weighted by atomic mass is 79.9. The summed E-state index contributed by atoms with van der Waals surface area (Å²) in [6.45, 7) is 8.56. The van der Waals surface area contributed by atoms with Gasteiger partial charge in [-0.3, -0.25) is 0 Å². The first-order valence-electron chi connectivity index (χ1n) is 7.69. The lowest BCUT2D eigenvalue weighted by Crippen LogP contribution is -2.50. The van der Waals surface area contributed by atoms with Crippen LogP contribution in [0.3, 0.4) is 0 Å². The molecule has 3 heterocycles. The number of hydrogen-bond acceptors (Lipinski definition) is 4. The van der Waals surface area contributed by atoms with Crippen LogP contribution in [0, 0.1) is 0 Å². The summed E-state index contributed by atoms with van der Waals surface area (Å²) in [5, 5.41) is 4.32. The van der Waals surface area contributed by atoms with Crippen LogP contribution in [-0.2, 0) is 4.74 Å². The molecular weight excluding hydrogens is 360 g/mol. The molecule has 0 spiro atoms. The average molecular weight is 381 g/mol. The third kappa shape index (κ3) is 3.60. The smallest absolute Gasteiger partial charge is 0.410 e. The monoisotopic (exact) mass is 380 g/mol. The first kappa shape index (κ1) is 16.1. The van der Waals surface area contributed by atoms with Crippen LogP contribution in [0.25, 0.3) is 5.52 Å². The number of carbonyl (C=O) groups is 1. The third-order valence-corrected chi connectivity index (χ3v) is 4.36. The van der Waals surface area contributed by atoms with E-state index in [1.807, 2.05) is 37.5 Å². The van der Waals surface area contributed by atoms with E-state index in [0.29, 0.717) is 13.1 Å². The number of pyridine rings is 1. The van der Waals surface area contributed by atoms with Crippen LogP contribution >= 0.6 is 15.9 Å². The van der Waals surface area contributed by atoms with Crippen molar-refractivity contribution in [3.05, 3.63) is 29.0 Å². The number of anilines is 1.